The summed E-state index contributed by atoms with van der Waals surface area (Å²) in [5, 5.41) is 17.7. The lowest BCUT2D eigenvalue weighted by Gasteiger charge is -2.18. The molecular formula is C9H6F4N2O. The van der Waals surface area contributed by atoms with E-state index in [-0.39, 0.29) is 0 Å². The summed E-state index contributed by atoms with van der Waals surface area (Å²) in [7, 11) is 0. The quantitative estimate of drug-likeness (QED) is 0.729. The molecule has 0 bridgehead atoms. The molecule has 1 aromatic rings. The molecule has 0 fully saturated rings. The molecule has 0 aromatic heterocycles. The van der Waals surface area contributed by atoms with Gasteiger partial charge in [0.25, 0.3) is 0 Å². The minimum absolute atomic E-state index is 0.510. The van der Waals surface area contributed by atoms with E-state index in [0.29, 0.717) is 6.07 Å². The summed E-state index contributed by atoms with van der Waals surface area (Å²) in [6.45, 7) is 0. The van der Waals surface area contributed by atoms with Gasteiger partial charge in [0.15, 0.2) is 11.6 Å². The number of alkyl halides is 3. The molecule has 0 spiro atoms. The maximum atomic E-state index is 12.9. The molecule has 0 aliphatic rings. The SMILES string of the molecule is N#Cc1ccc(F)c(O)c1[C@@H](N)C(F)(F)F. The summed E-state index contributed by atoms with van der Waals surface area (Å²) in [6, 6.07) is 0.335. The Morgan fingerprint density at radius 1 is 1.38 bits per heavy atom. The highest BCUT2D eigenvalue weighted by atomic mass is 19.4. The average Bonchev–Trinajstić information content (AvgIpc) is 2.19. The second-order valence-electron chi connectivity index (χ2n) is 2.99. The van der Waals surface area contributed by atoms with Crippen molar-refractivity contribution in [1.82, 2.24) is 0 Å². The van der Waals surface area contributed by atoms with Gasteiger partial charge in [-0.05, 0) is 12.1 Å². The Labute approximate surface area is 87.7 Å². The number of rotatable bonds is 1. The van der Waals surface area contributed by atoms with Crippen molar-refractivity contribution in [3.8, 4) is 11.8 Å². The summed E-state index contributed by atoms with van der Waals surface area (Å²) in [4.78, 5) is 0. The minimum atomic E-state index is -4.86. The molecule has 86 valence electrons. The van der Waals surface area contributed by atoms with Crippen molar-refractivity contribution in [3.05, 3.63) is 29.1 Å². The van der Waals surface area contributed by atoms with Crippen LogP contribution >= 0.6 is 0 Å². The third kappa shape index (κ3) is 2.06. The summed E-state index contributed by atoms with van der Waals surface area (Å²) in [6.07, 6.45) is -4.86. The van der Waals surface area contributed by atoms with Crippen molar-refractivity contribution < 1.29 is 22.7 Å². The maximum absolute atomic E-state index is 12.9. The molecule has 0 heterocycles. The number of nitriles is 1. The number of phenols is 1. The molecule has 0 saturated heterocycles. The first-order valence-corrected chi connectivity index (χ1v) is 4.02. The van der Waals surface area contributed by atoms with Gasteiger partial charge in [0.1, 0.15) is 6.04 Å². The highest BCUT2D eigenvalue weighted by Crippen LogP contribution is 2.37. The van der Waals surface area contributed by atoms with Crippen LogP contribution in [0.3, 0.4) is 0 Å². The monoisotopic (exact) mass is 234 g/mol. The van der Waals surface area contributed by atoms with Crippen molar-refractivity contribution in [1.29, 1.82) is 5.26 Å². The third-order valence-corrected chi connectivity index (χ3v) is 1.95. The average molecular weight is 234 g/mol. The van der Waals surface area contributed by atoms with E-state index in [1.165, 1.54) is 6.07 Å². The highest BCUT2D eigenvalue weighted by molar-refractivity contribution is 5.49. The van der Waals surface area contributed by atoms with E-state index >= 15 is 0 Å². The number of benzene rings is 1. The number of aromatic hydroxyl groups is 1. The topological polar surface area (TPSA) is 70.0 Å². The van der Waals surface area contributed by atoms with Crippen LogP contribution in [0.2, 0.25) is 0 Å². The van der Waals surface area contributed by atoms with Gasteiger partial charge in [-0.2, -0.15) is 18.4 Å². The van der Waals surface area contributed by atoms with Crippen LogP contribution in [-0.2, 0) is 0 Å². The van der Waals surface area contributed by atoms with Gasteiger partial charge in [0.05, 0.1) is 11.6 Å². The Bertz CT molecular complexity index is 450. The molecule has 3 N–H and O–H groups in total. The summed E-state index contributed by atoms with van der Waals surface area (Å²) < 4.78 is 49.7. The van der Waals surface area contributed by atoms with Crippen LogP contribution in [-0.4, -0.2) is 11.3 Å². The van der Waals surface area contributed by atoms with Crippen molar-refractivity contribution in [2.45, 2.75) is 12.2 Å². The molecule has 0 radical (unpaired) electrons. The third-order valence-electron chi connectivity index (χ3n) is 1.95. The van der Waals surface area contributed by atoms with Crippen molar-refractivity contribution >= 4 is 0 Å². The van der Waals surface area contributed by atoms with E-state index in [2.05, 4.69) is 0 Å². The van der Waals surface area contributed by atoms with Gasteiger partial charge in [-0.1, -0.05) is 0 Å². The smallest absolute Gasteiger partial charge is 0.407 e. The number of phenolic OH excluding ortho intramolecular Hbond substituents is 1. The molecule has 1 rings (SSSR count). The summed E-state index contributed by atoms with van der Waals surface area (Å²) >= 11 is 0. The maximum Gasteiger partial charge on any atom is 0.407 e. The molecule has 0 aliphatic carbocycles. The number of hydrogen-bond acceptors (Lipinski definition) is 3. The standard InChI is InChI=1S/C9H6F4N2O/c10-5-2-1-4(3-14)6(7(5)16)8(15)9(11,12)13/h1-2,8,16H,15H2/t8-/m1/s1. The molecule has 3 nitrogen and oxygen atoms in total. The van der Waals surface area contributed by atoms with E-state index in [0.717, 1.165) is 6.07 Å². The first-order valence-electron chi connectivity index (χ1n) is 4.02. The number of halogens is 4. The van der Waals surface area contributed by atoms with E-state index in [1.54, 1.807) is 0 Å². The molecule has 1 aromatic carbocycles. The highest BCUT2D eigenvalue weighted by Gasteiger charge is 2.41. The molecule has 0 amide bonds. The Hall–Kier alpha value is -1.81. The fourth-order valence-electron chi connectivity index (χ4n) is 1.16. The predicted molar refractivity (Wildman–Crippen MR) is 45.8 cm³/mol. The molecule has 16 heavy (non-hydrogen) atoms. The first-order chi connectivity index (χ1) is 7.29. The molecular weight excluding hydrogens is 228 g/mol. The van der Waals surface area contributed by atoms with Crippen molar-refractivity contribution in [2.24, 2.45) is 5.73 Å². The van der Waals surface area contributed by atoms with Crippen LogP contribution in [0.5, 0.6) is 5.75 Å². The predicted octanol–water partition coefficient (Wildman–Crippen LogP) is 1.97. The Morgan fingerprint density at radius 3 is 2.38 bits per heavy atom. The fraction of sp³-hybridized carbons (Fsp3) is 0.222. The Balaban J connectivity index is 3.43. The van der Waals surface area contributed by atoms with Gasteiger partial charge in [-0.15, -0.1) is 0 Å². The lowest BCUT2D eigenvalue weighted by molar-refractivity contribution is -0.149. The van der Waals surface area contributed by atoms with Gasteiger partial charge >= 0.3 is 6.18 Å². The summed E-state index contributed by atoms with van der Waals surface area (Å²) in [5.41, 5.74) is 3.36. The van der Waals surface area contributed by atoms with Crippen LogP contribution < -0.4 is 5.73 Å². The molecule has 0 aliphatic heterocycles. The molecule has 0 unspecified atom stereocenters. The lowest BCUT2D eigenvalue weighted by Crippen LogP contribution is -2.29. The number of nitrogens with zero attached hydrogens (tertiary/aromatic N) is 1. The summed E-state index contributed by atoms with van der Waals surface area (Å²) in [5.74, 6) is -2.50. The van der Waals surface area contributed by atoms with Gasteiger partial charge in [0, 0.05) is 5.56 Å². The van der Waals surface area contributed by atoms with Crippen LogP contribution in [0, 0.1) is 17.1 Å². The Morgan fingerprint density at radius 2 is 1.94 bits per heavy atom. The van der Waals surface area contributed by atoms with Crippen LogP contribution in [0.4, 0.5) is 17.6 Å². The first kappa shape index (κ1) is 12.3. The van der Waals surface area contributed by atoms with E-state index in [1.807, 2.05) is 0 Å². The van der Waals surface area contributed by atoms with Crippen molar-refractivity contribution in [3.63, 3.8) is 0 Å². The minimum Gasteiger partial charge on any atom is -0.505 e. The van der Waals surface area contributed by atoms with Gasteiger partial charge in [0.2, 0.25) is 0 Å². The van der Waals surface area contributed by atoms with Crippen molar-refractivity contribution in [2.75, 3.05) is 0 Å². The lowest BCUT2D eigenvalue weighted by atomic mass is 9.99. The fourth-order valence-corrected chi connectivity index (χ4v) is 1.16. The van der Waals surface area contributed by atoms with E-state index in [4.69, 9.17) is 16.1 Å². The second kappa shape index (κ2) is 3.98. The van der Waals surface area contributed by atoms with Gasteiger partial charge < -0.3 is 10.8 Å². The zero-order valence-electron chi connectivity index (χ0n) is 7.72. The van der Waals surface area contributed by atoms with E-state index < -0.39 is 34.9 Å². The van der Waals surface area contributed by atoms with Crippen LogP contribution in [0.25, 0.3) is 0 Å². The molecule has 7 heteroatoms. The zero-order valence-corrected chi connectivity index (χ0v) is 7.72. The molecule has 1 atom stereocenters. The molecule has 0 saturated carbocycles. The second-order valence-corrected chi connectivity index (χ2v) is 2.99. The largest absolute Gasteiger partial charge is 0.505 e. The number of nitrogens with two attached hydrogens (primary N) is 1. The van der Waals surface area contributed by atoms with Crippen LogP contribution in [0.1, 0.15) is 17.2 Å². The zero-order chi connectivity index (χ0) is 12.5. The van der Waals surface area contributed by atoms with E-state index in [9.17, 15) is 17.6 Å². The normalized spacial score (nSPS) is 13.2. The van der Waals surface area contributed by atoms with Gasteiger partial charge in [-0.3, -0.25) is 0 Å². The number of hydrogen-bond donors (Lipinski definition) is 2. The Kier molecular flexibility index (Phi) is 3.05. The van der Waals surface area contributed by atoms with Crippen LogP contribution in [0.15, 0.2) is 12.1 Å². The van der Waals surface area contributed by atoms with Gasteiger partial charge in [-0.25, -0.2) is 4.39 Å².